The monoisotopic (exact) mass is 469 g/mol. The van der Waals surface area contributed by atoms with E-state index in [1.807, 2.05) is 22.9 Å². The number of rotatable bonds is 7. The molecule has 1 amide bonds. The molecule has 10 heteroatoms. The first-order valence-electron chi connectivity index (χ1n) is 8.91. The fourth-order valence-corrected chi connectivity index (χ4v) is 4.65. The highest BCUT2D eigenvalue weighted by atomic mass is 35.5. The van der Waals surface area contributed by atoms with Crippen LogP contribution in [0.2, 0.25) is 5.02 Å². The molecule has 3 aromatic rings. The molecule has 0 atom stereocenters. The molecular weight excluding hydrogens is 454 g/mol. The summed E-state index contributed by atoms with van der Waals surface area (Å²) in [6.07, 6.45) is 0.175. The molecule has 3 rings (SSSR count). The SMILES string of the molecule is COc1ccc(NC(=O)CCSc2nc(N)c(C#N)c(-c3ccsc3)c2C#N)cc1Cl. The van der Waals surface area contributed by atoms with Gasteiger partial charge in [-0.3, -0.25) is 4.79 Å². The van der Waals surface area contributed by atoms with Crippen LogP contribution in [-0.2, 0) is 4.79 Å². The third kappa shape index (κ3) is 5.09. The van der Waals surface area contributed by atoms with Gasteiger partial charge in [-0.1, -0.05) is 11.6 Å². The first-order chi connectivity index (χ1) is 15.0. The highest BCUT2D eigenvalue weighted by Crippen LogP contribution is 2.36. The van der Waals surface area contributed by atoms with Crippen LogP contribution in [0, 0.1) is 22.7 Å². The summed E-state index contributed by atoms with van der Waals surface area (Å²) in [6.45, 7) is 0. The predicted octanol–water partition coefficient (Wildman–Crippen LogP) is 4.92. The standard InChI is InChI=1S/C21H16ClN5O2S2/c1-29-17-3-2-13(8-16(17)22)26-18(28)5-7-31-21-15(10-24)19(12-4-6-30-11-12)14(9-23)20(25)27-21/h2-4,6,8,11H,5,7H2,1H3,(H2,25,27)(H,26,28). The first-order valence-corrected chi connectivity index (χ1v) is 11.2. The fourth-order valence-electron chi connectivity index (χ4n) is 2.81. The van der Waals surface area contributed by atoms with Crippen molar-refractivity contribution in [2.45, 2.75) is 11.4 Å². The topological polar surface area (TPSA) is 125 Å². The number of methoxy groups -OCH3 is 1. The number of pyridine rings is 1. The second kappa shape index (κ2) is 10.2. The highest BCUT2D eigenvalue weighted by Gasteiger charge is 2.21. The van der Waals surface area contributed by atoms with Crippen LogP contribution < -0.4 is 15.8 Å². The Morgan fingerprint density at radius 1 is 1.32 bits per heavy atom. The number of nitrogens with two attached hydrogens (primary N) is 1. The van der Waals surface area contributed by atoms with Crippen molar-refractivity contribution >= 4 is 52.1 Å². The van der Waals surface area contributed by atoms with E-state index in [4.69, 9.17) is 22.1 Å². The van der Waals surface area contributed by atoms with Gasteiger partial charge in [0.15, 0.2) is 0 Å². The quantitative estimate of drug-likeness (QED) is 0.470. The Kier molecular flexibility index (Phi) is 7.37. The number of thiophene rings is 1. The molecule has 0 unspecified atom stereocenters. The van der Waals surface area contributed by atoms with Crippen molar-refractivity contribution in [3.63, 3.8) is 0 Å². The van der Waals surface area contributed by atoms with Crippen LogP contribution in [0.5, 0.6) is 5.75 Å². The maximum atomic E-state index is 12.3. The van der Waals surface area contributed by atoms with Crippen LogP contribution in [0.15, 0.2) is 40.1 Å². The molecule has 2 heterocycles. The number of nitrogen functional groups attached to an aromatic ring is 1. The minimum Gasteiger partial charge on any atom is -0.495 e. The third-order valence-electron chi connectivity index (χ3n) is 4.23. The second-order valence-corrected chi connectivity index (χ2v) is 8.43. The predicted molar refractivity (Wildman–Crippen MR) is 123 cm³/mol. The molecule has 0 aliphatic carbocycles. The lowest BCUT2D eigenvalue weighted by atomic mass is 9.99. The summed E-state index contributed by atoms with van der Waals surface area (Å²) in [7, 11) is 1.51. The molecule has 0 aliphatic rings. The van der Waals surface area contributed by atoms with Crippen molar-refractivity contribution in [3.05, 3.63) is 51.2 Å². The summed E-state index contributed by atoms with van der Waals surface area (Å²) in [5.74, 6) is 0.728. The minimum atomic E-state index is -0.216. The third-order valence-corrected chi connectivity index (χ3v) is 6.18. The minimum absolute atomic E-state index is 0.0579. The van der Waals surface area contributed by atoms with Gasteiger partial charge in [-0.25, -0.2) is 4.98 Å². The number of nitrogens with one attached hydrogen (secondary N) is 1. The van der Waals surface area contributed by atoms with Gasteiger partial charge in [0.2, 0.25) is 5.91 Å². The van der Waals surface area contributed by atoms with E-state index in [0.29, 0.717) is 32.8 Å². The van der Waals surface area contributed by atoms with Crippen LogP contribution in [0.4, 0.5) is 11.5 Å². The smallest absolute Gasteiger partial charge is 0.225 e. The largest absolute Gasteiger partial charge is 0.495 e. The van der Waals surface area contributed by atoms with Crippen molar-refractivity contribution < 1.29 is 9.53 Å². The molecule has 1 aromatic carbocycles. The average molecular weight is 470 g/mol. The number of anilines is 2. The van der Waals surface area contributed by atoms with Crippen molar-refractivity contribution in [2.75, 3.05) is 23.9 Å². The van der Waals surface area contributed by atoms with Crippen molar-refractivity contribution in [1.29, 1.82) is 10.5 Å². The highest BCUT2D eigenvalue weighted by molar-refractivity contribution is 7.99. The number of benzene rings is 1. The zero-order valence-corrected chi connectivity index (χ0v) is 18.7. The fraction of sp³-hybridized carbons (Fsp3) is 0.143. The van der Waals surface area contributed by atoms with Crippen molar-refractivity contribution in [1.82, 2.24) is 4.98 Å². The van der Waals surface area contributed by atoms with Gasteiger partial charge in [0.05, 0.1) is 17.7 Å². The molecule has 0 aliphatic heterocycles. The zero-order chi connectivity index (χ0) is 22.4. The molecule has 0 spiro atoms. The summed E-state index contributed by atoms with van der Waals surface area (Å²) in [5.41, 5.74) is 8.19. The van der Waals surface area contributed by atoms with Crippen LogP contribution in [-0.4, -0.2) is 23.8 Å². The van der Waals surface area contributed by atoms with Gasteiger partial charge in [0.1, 0.15) is 34.3 Å². The Bertz CT molecular complexity index is 1200. The number of halogens is 1. The number of amides is 1. The molecule has 2 aromatic heterocycles. The van der Waals surface area contributed by atoms with Gasteiger partial charge in [0, 0.05) is 23.4 Å². The Labute approximate surface area is 192 Å². The van der Waals surface area contributed by atoms with E-state index in [1.54, 1.807) is 18.2 Å². The average Bonchev–Trinajstić information content (AvgIpc) is 3.28. The molecule has 0 saturated heterocycles. The van der Waals surface area contributed by atoms with E-state index in [-0.39, 0.29) is 29.3 Å². The Balaban J connectivity index is 1.73. The summed E-state index contributed by atoms with van der Waals surface area (Å²) in [5, 5.41) is 26.5. The van der Waals surface area contributed by atoms with Gasteiger partial charge in [-0.2, -0.15) is 21.9 Å². The lowest BCUT2D eigenvalue weighted by Crippen LogP contribution is -2.12. The summed E-state index contributed by atoms with van der Waals surface area (Å²) >= 11 is 8.77. The molecule has 0 saturated carbocycles. The Morgan fingerprint density at radius 3 is 2.71 bits per heavy atom. The van der Waals surface area contributed by atoms with E-state index in [1.165, 1.54) is 30.2 Å². The number of carbonyl (C=O) groups excluding carboxylic acids is 1. The molecule has 0 bridgehead atoms. The molecule has 31 heavy (non-hydrogen) atoms. The summed E-state index contributed by atoms with van der Waals surface area (Å²) < 4.78 is 5.09. The van der Waals surface area contributed by atoms with E-state index in [0.717, 1.165) is 5.56 Å². The molecule has 0 radical (unpaired) electrons. The second-order valence-electron chi connectivity index (χ2n) is 6.16. The summed E-state index contributed by atoms with van der Waals surface area (Å²) in [4.78, 5) is 16.5. The van der Waals surface area contributed by atoms with Crippen LogP contribution in [0.1, 0.15) is 17.5 Å². The molecule has 0 fully saturated rings. The first kappa shape index (κ1) is 22.4. The van der Waals surface area contributed by atoms with E-state index in [2.05, 4.69) is 16.4 Å². The molecular formula is C21H16ClN5O2S2. The van der Waals surface area contributed by atoms with Gasteiger partial charge in [-0.15, -0.1) is 11.8 Å². The van der Waals surface area contributed by atoms with Gasteiger partial charge < -0.3 is 15.8 Å². The Hall–Kier alpha value is -3.24. The number of nitriles is 2. The normalized spacial score (nSPS) is 10.2. The number of nitrogens with zero attached hydrogens (tertiary/aromatic N) is 3. The van der Waals surface area contributed by atoms with Gasteiger partial charge in [0.25, 0.3) is 0 Å². The van der Waals surface area contributed by atoms with Gasteiger partial charge in [-0.05, 0) is 40.6 Å². The Morgan fingerprint density at radius 2 is 2.10 bits per heavy atom. The number of aromatic nitrogens is 1. The van der Waals surface area contributed by atoms with Crippen LogP contribution >= 0.6 is 34.7 Å². The van der Waals surface area contributed by atoms with E-state index >= 15 is 0 Å². The molecule has 3 N–H and O–H groups in total. The number of hydrogen-bond donors (Lipinski definition) is 2. The maximum Gasteiger partial charge on any atom is 0.225 e. The van der Waals surface area contributed by atoms with Crippen molar-refractivity contribution in [2.24, 2.45) is 0 Å². The number of ether oxygens (including phenoxy) is 1. The number of carbonyl (C=O) groups is 1. The van der Waals surface area contributed by atoms with Crippen LogP contribution in [0.25, 0.3) is 11.1 Å². The molecule has 7 nitrogen and oxygen atoms in total. The summed E-state index contributed by atoms with van der Waals surface area (Å²) in [6, 6.07) is 11.0. The number of hydrogen-bond acceptors (Lipinski definition) is 8. The van der Waals surface area contributed by atoms with E-state index in [9.17, 15) is 15.3 Å². The van der Waals surface area contributed by atoms with Crippen molar-refractivity contribution in [3.8, 4) is 29.0 Å². The molecule has 156 valence electrons. The number of thioether (sulfide) groups is 1. The zero-order valence-electron chi connectivity index (χ0n) is 16.3. The van der Waals surface area contributed by atoms with E-state index < -0.39 is 0 Å². The maximum absolute atomic E-state index is 12.3. The van der Waals surface area contributed by atoms with Crippen LogP contribution in [0.3, 0.4) is 0 Å². The lowest BCUT2D eigenvalue weighted by Gasteiger charge is -2.12. The van der Waals surface area contributed by atoms with Gasteiger partial charge >= 0.3 is 0 Å². The lowest BCUT2D eigenvalue weighted by molar-refractivity contribution is -0.115.